The highest BCUT2D eigenvalue weighted by atomic mass is 16.6. The molecule has 0 aromatic rings. The largest absolute Gasteiger partial charge is 0.469 e. The number of carbonyl (C=O) groups is 1. The molecule has 4 unspecified atom stereocenters. The van der Waals surface area contributed by atoms with Crippen LogP contribution in [0.5, 0.6) is 0 Å². The third-order valence-electron chi connectivity index (χ3n) is 6.05. The quantitative estimate of drug-likeness (QED) is 0.558. The molecule has 1 heterocycles. The zero-order valence-electron chi connectivity index (χ0n) is 16.0. The number of esters is 1. The van der Waals surface area contributed by atoms with E-state index in [2.05, 4.69) is 27.4 Å². The highest BCUT2D eigenvalue weighted by Crippen LogP contribution is 2.46. The van der Waals surface area contributed by atoms with Crippen LogP contribution < -0.4 is 0 Å². The Morgan fingerprint density at radius 3 is 2.67 bits per heavy atom. The van der Waals surface area contributed by atoms with E-state index in [-0.39, 0.29) is 23.6 Å². The van der Waals surface area contributed by atoms with Gasteiger partial charge in [-0.1, -0.05) is 26.0 Å². The van der Waals surface area contributed by atoms with Crippen LogP contribution in [0.1, 0.15) is 59.8 Å². The van der Waals surface area contributed by atoms with E-state index in [1.165, 1.54) is 25.5 Å². The van der Waals surface area contributed by atoms with Crippen LogP contribution in [0.25, 0.3) is 0 Å². The Morgan fingerprint density at radius 1 is 1.42 bits per heavy atom. The molecule has 0 spiro atoms. The number of rotatable bonds is 5. The van der Waals surface area contributed by atoms with Gasteiger partial charge in [-0.05, 0) is 57.3 Å². The smallest absolute Gasteiger partial charge is 0.311 e. The van der Waals surface area contributed by atoms with Crippen LogP contribution >= 0.6 is 0 Å². The predicted octanol–water partition coefficient (Wildman–Crippen LogP) is 4.13. The van der Waals surface area contributed by atoms with Crippen molar-refractivity contribution >= 4 is 5.97 Å². The molecule has 2 rings (SSSR count). The molecule has 4 atom stereocenters. The SMILES string of the molecule is C=C1CCCC(C)(C)C1CCC1(C)COC(C(C)C(=O)OC)CO1. The van der Waals surface area contributed by atoms with E-state index in [4.69, 9.17) is 14.2 Å². The molecule has 0 aromatic heterocycles. The van der Waals surface area contributed by atoms with Crippen molar-refractivity contribution in [2.75, 3.05) is 20.3 Å². The number of hydrogen-bond donors (Lipinski definition) is 0. The van der Waals surface area contributed by atoms with Gasteiger partial charge in [0.05, 0.1) is 37.9 Å². The lowest BCUT2D eigenvalue weighted by Gasteiger charge is -2.44. The zero-order chi connectivity index (χ0) is 18.0. The summed E-state index contributed by atoms with van der Waals surface area (Å²) in [6, 6.07) is 0. The number of methoxy groups -OCH3 is 1. The van der Waals surface area contributed by atoms with Crippen LogP contribution in [0.3, 0.4) is 0 Å². The average molecular weight is 338 g/mol. The van der Waals surface area contributed by atoms with Crippen LogP contribution in [0.2, 0.25) is 0 Å². The van der Waals surface area contributed by atoms with Gasteiger partial charge in [0, 0.05) is 0 Å². The van der Waals surface area contributed by atoms with Gasteiger partial charge in [-0.3, -0.25) is 4.79 Å². The van der Waals surface area contributed by atoms with Gasteiger partial charge in [0.1, 0.15) is 0 Å². The lowest BCUT2D eigenvalue weighted by atomic mass is 9.64. The van der Waals surface area contributed by atoms with Crippen molar-refractivity contribution in [3.8, 4) is 0 Å². The molecule has 0 radical (unpaired) electrons. The Labute approximate surface area is 146 Å². The zero-order valence-corrected chi connectivity index (χ0v) is 16.0. The first-order valence-electron chi connectivity index (χ1n) is 9.19. The van der Waals surface area contributed by atoms with Crippen molar-refractivity contribution in [1.82, 2.24) is 0 Å². The minimum Gasteiger partial charge on any atom is -0.469 e. The number of carbonyl (C=O) groups excluding carboxylic acids is 1. The molecule has 2 aliphatic rings. The number of hydrogen-bond acceptors (Lipinski definition) is 4. The van der Waals surface area contributed by atoms with E-state index < -0.39 is 0 Å². The Balaban J connectivity index is 1.87. The number of ether oxygens (including phenoxy) is 3. The highest BCUT2D eigenvalue weighted by molar-refractivity contribution is 5.72. The van der Waals surface area contributed by atoms with Crippen LogP contribution in [-0.4, -0.2) is 38.0 Å². The van der Waals surface area contributed by atoms with Crippen molar-refractivity contribution in [3.63, 3.8) is 0 Å². The molecule has 4 heteroatoms. The lowest BCUT2D eigenvalue weighted by molar-refractivity contribution is -0.203. The molecule has 2 fully saturated rings. The first kappa shape index (κ1) is 19.5. The van der Waals surface area contributed by atoms with Crippen molar-refractivity contribution in [3.05, 3.63) is 12.2 Å². The van der Waals surface area contributed by atoms with E-state index in [1.807, 2.05) is 6.92 Å². The molecular weight excluding hydrogens is 304 g/mol. The minimum absolute atomic E-state index is 0.216. The Hall–Kier alpha value is -0.870. The van der Waals surface area contributed by atoms with Gasteiger partial charge >= 0.3 is 5.97 Å². The molecule has 1 aliphatic carbocycles. The van der Waals surface area contributed by atoms with Gasteiger partial charge in [0.2, 0.25) is 0 Å². The summed E-state index contributed by atoms with van der Waals surface area (Å²) in [5.41, 5.74) is 1.44. The van der Waals surface area contributed by atoms with Crippen LogP contribution in [-0.2, 0) is 19.0 Å². The molecule has 0 amide bonds. The summed E-state index contributed by atoms with van der Waals surface area (Å²) in [7, 11) is 1.41. The van der Waals surface area contributed by atoms with Crippen molar-refractivity contribution in [1.29, 1.82) is 0 Å². The van der Waals surface area contributed by atoms with Gasteiger partial charge in [0.15, 0.2) is 0 Å². The molecule has 0 aromatic carbocycles. The van der Waals surface area contributed by atoms with Gasteiger partial charge < -0.3 is 14.2 Å². The molecule has 1 aliphatic heterocycles. The first-order chi connectivity index (χ1) is 11.2. The molecule has 1 saturated heterocycles. The second-order valence-electron chi connectivity index (χ2n) is 8.51. The molecule has 24 heavy (non-hydrogen) atoms. The summed E-state index contributed by atoms with van der Waals surface area (Å²) in [5, 5.41) is 0. The first-order valence-corrected chi connectivity index (χ1v) is 9.19. The van der Waals surface area contributed by atoms with Gasteiger partial charge in [-0.15, -0.1) is 0 Å². The van der Waals surface area contributed by atoms with Crippen LogP contribution in [0.4, 0.5) is 0 Å². The summed E-state index contributed by atoms with van der Waals surface area (Å²) >= 11 is 0. The molecule has 0 N–H and O–H groups in total. The summed E-state index contributed by atoms with van der Waals surface area (Å²) in [6.07, 6.45) is 5.51. The van der Waals surface area contributed by atoms with Gasteiger partial charge in [0.25, 0.3) is 0 Å². The van der Waals surface area contributed by atoms with Crippen molar-refractivity contribution in [2.45, 2.75) is 71.5 Å². The van der Waals surface area contributed by atoms with Crippen LogP contribution in [0.15, 0.2) is 12.2 Å². The minimum atomic E-state index is -0.295. The fourth-order valence-corrected chi connectivity index (χ4v) is 4.14. The standard InChI is InChI=1S/C20H34O4/c1-14-8-7-10-19(3,4)16(14)9-11-20(5)13-23-17(12-24-20)15(2)18(21)22-6/h15-17H,1,7-13H2,2-6H3. The maximum atomic E-state index is 11.6. The Bertz CT molecular complexity index is 460. The summed E-state index contributed by atoms with van der Waals surface area (Å²) < 4.78 is 16.9. The maximum Gasteiger partial charge on any atom is 0.311 e. The fraction of sp³-hybridized carbons (Fsp3) is 0.850. The average Bonchev–Trinajstić information content (AvgIpc) is 2.53. The van der Waals surface area contributed by atoms with Crippen molar-refractivity contribution < 1.29 is 19.0 Å². The van der Waals surface area contributed by atoms with E-state index in [0.29, 0.717) is 24.5 Å². The molecule has 4 nitrogen and oxygen atoms in total. The highest BCUT2D eigenvalue weighted by Gasteiger charge is 2.40. The monoisotopic (exact) mass is 338 g/mol. The molecule has 138 valence electrons. The summed E-state index contributed by atoms with van der Waals surface area (Å²) in [6.45, 7) is 14.0. The third-order valence-corrected chi connectivity index (χ3v) is 6.05. The third kappa shape index (κ3) is 4.40. The van der Waals surface area contributed by atoms with E-state index in [1.54, 1.807) is 0 Å². The summed E-state index contributed by atoms with van der Waals surface area (Å²) in [4.78, 5) is 11.6. The Morgan fingerprint density at radius 2 is 2.12 bits per heavy atom. The normalized spacial score (nSPS) is 34.6. The molecule has 1 saturated carbocycles. The topological polar surface area (TPSA) is 44.8 Å². The predicted molar refractivity (Wildman–Crippen MR) is 94.8 cm³/mol. The van der Waals surface area contributed by atoms with E-state index in [9.17, 15) is 4.79 Å². The van der Waals surface area contributed by atoms with Gasteiger partial charge in [-0.25, -0.2) is 0 Å². The lowest BCUT2D eigenvalue weighted by Crippen LogP contribution is -2.48. The van der Waals surface area contributed by atoms with E-state index in [0.717, 1.165) is 19.3 Å². The molecule has 0 bridgehead atoms. The van der Waals surface area contributed by atoms with Crippen LogP contribution in [0, 0.1) is 17.3 Å². The maximum absolute atomic E-state index is 11.6. The van der Waals surface area contributed by atoms with Gasteiger partial charge in [-0.2, -0.15) is 0 Å². The second-order valence-corrected chi connectivity index (χ2v) is 8.51. The number of allylic oxidation sites excluding steroid dienone is 1. The second kappa shape index (κ2) is 7.57. The molecular formula is C20H34O4. The van der Waals surface area contributed by atoms with E-state index >= 15 is 0 Å². The van der Waals surface area contributed by atoms with Crippen molar-refractivity contribution in [2.24, 2.45) is 17.3 Å². The summed E-state index contributed by atoms with van der Waals surface area (Å²) in [5.74, 6) is 0.0162. The fourth-order valence-electron chi connectivity index (χ4n) is 4.14. The Kier molecular flexibility index (Phi) is 6.14.